The molecular formula is C16H27N3OS2. The van der Waals surface area contributed by atoms with Crippen LogP contribution in [0.15, 0.2) is 5.38 Å². The summed E-state index contributed by atoms with van der Waals surface area (Å²) in [4.78, 5) is 16.6. The molecule has 1 aliphatic carbocycles. The molecule has 124 valence electrons. The smallest absolute Gasteiger partial charge is 0.236 e. The van der Waals surface area contributed by atoms with Crippen LogP contribution in [0.3, 0.4) is 0 Å². The first kappa shape index (κ1) is 17.8. The first-order valence-corrected chi connectivity index (χ1v) is 10.4. The molecule has 0 aromatic carbocycles. The Balaban J connectivity index is 1.71. The van der Waals surface area contributed by atoms with Crippen LogP contribution >= 0.6 is 23.1 Å². The van der Waals surface area contributed by atoms with Crippen molar-refractivity contribution in [3.63, 3.8) is 0 Å². The summed E-state index contributed by atoms with van der Waals surface area (Å²) < 4.78 is 0. The second-order valence-corrected chi connectivity index (χ2v) is 7.86. The van der Waals surface area contributed by atoms with Crippen molar-refractivity contribution >= 4 is 29.0 Å². The number of hydrogen-bond acceptors (Lipinski definition) is 5. The number of carbonyl (C=O) groups is 1. The van der Waals surface area contributed by atoms with Crippen LogP contribution in [0.25, 0.3) is 0 Å². The molecule has 0 saturated heterocycles. The van der Waals surface area contributed by atoms with Crippen molar-refractivity contribution in [1.82, 2.24) is 10.3 Å². The zero-order valence-corrected chi connectivity index (χ0v) is 15.0. The van der Waals surface area contributed by atoms with E-state index in [1.54, 1.807) is 23.1 Å². The third-order valence-corrected chi connectivity index (χ3v) is 5.77. The van der Waals surface area contributed by atoms with Crippen LogP contribution < -0.4 is 11.1 Å². The van der Waals surface area contributed by atoms with Gasteiger partial charge in [0.1, 0.15) is 0 Å². The standard InChI is InChI=1S/C16H27N3OS2/c1-21-10-8-13(17)16(20)18-9-7-15-19-14(11-22-15)12-5-3-2-4-6-12/h11-13H,2-10,17H2,1H3,(H,18,20)/t13-/m0/s1. The molecule has 1 fully saturated rings. The molecule has 3 N–H and O–H groups in total. The minimum Gasteiger partial charge on any atom is -0.354 e. The molecule has 1 aromatic rings. The van der Waals surface area contributed by atoms with Gasteiger partial charge in [-0.2, -0.15) is 11.8 Å². The molecule has 22 heavy (non-hydrogen) atoms. The van der Waals surface area contributed by atoms with E-state index in [9.17, 15) is 4.79 Å². The second-order valence-electron chi connectivity index (χ2n) is 5.93. The Morgan fingerprint density at radius 3 is 3.00 bits per heavy atom. The van der Waals surface area contributed by atoms with Gasteiger partial charge >= 0.3 is 0 Å². The molecule has 0 bridgehead atoms. The minimum atomic E-state index is -0.387. The Kier molecular flexibility index (Phi) is 7.69. The predicted octanol–water partition coefficient (Wildman–Crippen LogP) is 2.93. The number of thioether (sulfide) groups is 1. The third-order valence-electron chi connectivity index (χ3n) is 4.20. The van der Waals surface area contributed by atoms with Crippen LogP contribution in [-0.2, 0) is 11.2 Å². The molecule has 1 aliphatic rings. The fraction of sp³-hybridized carbons (Fsp3) is 0.750. The number of nitrogens with zero attached hydrogens (tertiary/aromatic N) is 1. The van der Waals surface area contributed by atoms with E-state index in [4.69, 9.17) is 10.7 Å². The van der Waals surface area contributed by atoms with Gasteiger partial charge in [0.2, 0.25) is 5.91 Å². The summed E-state index contributed by atoms with van der Waals surface area (Å²) in [6.45, 7) is 0.628. The van der Waals surface area contributed by atoms with Crippen LogP contribution in [0.2, 0.25) is 0 Å². The van der Waals surface area contributed by atoms with Crippen molar-refractivity contribution in [2.75, 3.05) is 18.6 Å². The van der Waals surface area contributed by atoms with Crippen LogP contribution in [0.5, 0.6) is 0 Å². The monoisotopic (exact) mass is 341 g/mol. The quantitative estimate of drug-likeness (QED) is 0.763. The molecular weight excluding hydrogens is 314 g/mol. The van der Waals surface area contributed by atoms with Gasteiger partial charge in [-0.1, -0.05) is 19.3 Å². The second kappa shape index (κ2) is 9.53. The van der Waals surface area contributed by atoms with Gasteiger partial charge in [0.15, 0.2) is 0 Å². The van der Waals surface area contributed by atoms with E-state index in [1.807, 2.05) is 6.26 Å². The molecule has 4 nitrogen and oxygen atoms in total. The average molecular weight is 342 g/mol. The highest BCUT2D eigenvalue weighted by Crippen LogP contribution is 2.33. The maximum Gasteiger partial charge on any atom is 0.236 e. The van der Waals surface area contributed by atoms with Crippen molar-refractivity contribution in [1.29, 1.82) is 0 Å². The van der Waals surface area contributed by atoms with Gasteiger partial charge in [-0.15, -0.1) is 11.3 Å². The third kappa shape index (κ3) is 5.56. The van der Waals surface area contributed by atoms with Gasteiger partial charge in [0.05, 0.1) is 16.7 Å². The van der Waals surface area contributed by atoms with E-state index < -0.39 is 0 Å². The number of nitrogens with one attached hydrogen (secondary N) is 1. The Labute approximate surface area is 141 Å². The Hall–Kier alpha value is -0.590. The molecule has 1 saturated carbocycles. The number of hydrogen-bond donors (Lipinski definition) is 2. The first-order valence-electron chi connectivity index (χ1n) is 8.17. The summed E-state index contributed by atoms with van der Waals surface area (Å²) in [6, 6.07) is -0.387. The number of aromatic nitrogens is 1. The van der Waals surface area contributed by atoms with Crippen LogP contribution in [-0.4, -0.2) is 35.5 Å². The molecule has 1 heterocycles. The molecule has 0 radical (unpaired) electrons. The zero-order valence-electron chi connectivity index (χ0n) is 13.3. The average Bonchev–Trinajstić information content (AvgIpc) is 3.02. The van der Waals surface area contributed by atoms with Crippen molar-refractivity contribution in [3.8, 4) is 0 Å². The zero-order chi connectivity index (χ0) is 15.8. The summed E-state index contributed by atoms with van der Waals surface area (Å²) in [5.41, 5.74) is 7.11. The van der Waals surface area contributed by atoms with Gasteiger partial charge in [-0.25, -0.2) is 4.98 Å². The van der Waals surface area contributed by atoms with Gasteiger partial charge in [0.25, 0.3) is 0 Å². The molecule has 2 rings (SSSR count). The summed E-state index contributed by atoms with van der Waals surface area (Å²) in [6.07, 6.45) is 10.2. The van der Waals surface area contributed by atoms with Crippen molar-refractivity contribution in [2.45, 2.75) is 56.9 Å². The topological polar surface area (TPSA) is 68.0 Å². The van der Waals surface area contributed by atoms with Crippen LogP contribution in [0.1, 0.15) is 55.1 Å². The Morgan fingerprint density at radius 1 is 1.50 bits per heavy atom. The first-order chi connectivity index (χ1) is 10.7. The molecule has 0 aliphatic heterocycles. The summed E-state index contributed by atoms with van der Waals surface area (Å²) >= 11 is 3.44. The summed E-state index contributed by atoms with van der Waals surface area (Å²) in [7, 11) is 0. The molecule has 6 heteroatoms. The van der Waals surface area contributed by atoms with Gasteiger partial charge in [0, 0.05) is 24.3 Å². The van der Waals surface area contributed by atoms with Crippen LogP contribution in [0, 0.1) is 0 Å². The Bertz CT molecular complexity index is 458. The normalized spacial score (nSPS) is 17.4. The summed E-state index contributed by atoms with van der Waals surface area (Å²) in [5.74, 6) is 1.54. The van der Waals surface area contributed by atoms with E-state index >= 15 is 0 Å². The van der Waals surface area contributed by atoms with Gasteiger partial charge in [-0.05, 0) is 31.3 Å². The highest BCUT2D eigenvalue weighted by atomic mass is 32.2. The van der Waals surface area contributed by atoms with Gasteiger partial charge < -0.3 is 11.1 Å². The van der Waals surface area contributed by atoms with E-state index in [0.717, 1.165) is 23.6 Å². The van der Waals surface area contributed by atoms with E-state index in [0.29, 0.717) is 12.5 Å². The highest BCUT2D eigenvalue weighted by molar-refractivity contribution is 7.98. The lowest BCUT2D eigenvalue weighted by molar-refractivity contribution is -0.122. The maximum atomic E-state index is 11.8. The molecule has 1 aromatic heterocycles. The lowest BCUT2D eigenvalue weighted by Gasteiger charge is -2.19. The number of nitrogens with two attached hydrogens (primary N) is 1. The fourth-order valence-electron chi connectivity index (χ4n) is 2.83. The van der Waals surface area contributed by atoms with E-state index in [2.05, 4.69) is 10.7 Å². The molecule has 1 amide bonds. The lowest BCUT2D eigenvalue weighted by Crippen LogP contribution is -2.41. The Morgan fingerprint density at radius 2 is 2.27 bits per heavy atom. The van der Waals surface area contributed by atoms with Crippen molar-refractivity contribution in [2.24, 2.45) is 5.73 Å². The summed E-state index contributed by atoms with van der Waals surface area (Å²) in [5, 5.41) is 6.25. The SMILES string of the molecule is CSCC[C@H](N)C(=O)NCCc1nc(C2CCCCC2)cs1. The number of thiazole rings is 1. The predicted molar refractivity (Wildman–Crippen MR) is 95.6 cm³/mol. The lowest BCUT2D eigenvalue weighted by atomic mass is 9.87. The fourth-order valence-corrected chi connectivity index (χ4v) is 4.20. The highest BCUT2D eigenvalue weighted by Gasteiger charge is 2.18. The minimum absolute atomic E-state index is 0.0434. The largest absolute Gasteiger partial charge is 0.354 e. The van der Waals surface area contributed by atoms with E-state index in [-0.39, 0.29) is 11.9 Å². The number of carbonyl (C=O) groups excluding carboxylic acids is 1. The van der Waals surface area contributed by atoms with Crippen LogP contribution in [0.4, 0.5) is 0 Å². The van der Waals surface area contributed by atoms with Crippen molar-refractivity contribution in [3.05, 3.63) is 16.1 Å². The molecule has 0 unspecified atom stereocenters. The number of amides is 1. The van der Waals surface area contributed by atoms with Crippen molar-refractivity contribution < 1.29 is 4.79 Å². The molecule has 1 atom stereocenters. The van der Waals surface area contributed by atoms with Gasteiger partial charge in [-0.3, -0.25) is 4.79 Å². The molecule has 0 spiro atoms. The van der Waals surface area contributed by atoms with E-state index in [1.165, 1.54) is 37.8 Å². The number of rotatable bonds is 8. The maximum absolute atomic E-state index is 11.8.